The smallest absolute Gasteiger partial charge is 0.304 e. The van der Waals surface area contributed by atoms with Crippen LogP contribution in [0.2, 0.25) is 0 Å². The molecule has 2 rings (SSSR count). The minimum absolute atomic E-state index is 0.179. The number of rotatable bonds is 5. The molecule has 1 aliphatic carbocycles. The number of carboxylic acid groups (broad SMARTS) is 1. The molecular weight excluding hydrogens is 320 g/mol. The largest absolute Gasteiger partial charge is 0.496 e. The molecule has 1 aliphatic rings. The molecule has 0 aliphatic heterocycles. The van der Waals surface area contributed by atoms with Crippen molar-refractivity contribution in [2.45, 2.75) is 51.4 Å². The summed E-state index contributed by atoms with van der Waals surface area (Å²) in [6.45, 7) is 6.29. The van der Waals surface area contributed by atoms with Gasteiger partial charge in [0.15, 0.2) is 0 Å². The third kappa shape index (κ3) is 2.58. The van der Waals surface area contributed by atoms with Gasteiger partial charge in [0.05, 0.1) is 13.5 Å². The maximum atomic E-state index is 11.2. The summed E-state index contributed by atoms with van der Waals surface area (Å²) in [4.78, 5) is 11.2. The first kappa shape index (κ1) is 15.4. The fraction of sp³-hybridized carbons (Fsp3) is 0.562. The topological polar surface area (TPSA) is 46.5 Å². The highest BCUT2D eigenvalue weighted by Crippen LogP contribution is 2.57. The molecule has 0 atom stereocenters. The van der Waals surface area contributed by atoms with E-state index in [2.05, 4.69) is 35.8 Å². The van der Waals surface area contributed by atoms with Crippen molar-refractivity contribution in [2.75, 3.05) is 7.11 Å². The van der Waals surface area contributed by atoms with Gasteiger partial charge in [-0.2, -0.15) is 0 Å². The van der Waals surface area contributed by atoms with Crippen LogP contribution in [0.15, 0.2) is 10.5 Å². The van der Waals surface area contributed by atoms with E-state index < -0.39 is 5.97 Å². The average molecular weight is 341 g/mol. The predicted molar refractivity (Wildman–Crippen MR) is 82.7 cm³/mol. The summed E-state index contributed by atoms with van der Waals surface area (Å²) in [5.41, 5.74) is 3.08. The molecule has 0 amide bonds. The van der Waals surface area contributed by atoms with Crippen LogP contribution in [-0.4, -0.2) is 18.2 Å². The van der Waals surface area contributed by atoms with E-state index >= 15 is 0 Å². The molecule has 0 aromatic heterocycles. The number of benzene rings is 1. The van der Waals surface area contributed by atoms with Crippen LogP contribution in [0.25, 0.3) is 0 Å². The lowest BCUT2D eigenvalue weighted by atomic mass is 9.84. The van der Waals surface area contributed by atoms with Crippen molar-refractivity contribution >= 4 is 21.9 Å². The van der Waals surface area contributed by atoms with Gasteiger partial charge >= 0.3 is 5.97 Å². The number of ether oxygens (including phenoxy) is 1. The van der Waals surface area contributed by atoms with Gasteiger partial charge in [0.25, 0.3) is 0 Å². The van der Waals surface area contributed by atoms with E-state index in [4.69, 9.17) is 4.74 Å². The Kier molecular flexibility index (Phi) is 4.14. The molecule has 1 saturated carbocycles. The standard InChI is InChI=1S/C16H21BrO3/c1-9(2)11-7-12(17)10(3)14(15(11)20-4)16(5-6-16)8-13(18)19/h7,9H,5-6,8H2,1-4H3,(H,18,19). The van der Waals surface area contributed by atoms with Crippen molar-refractivity contribution in [3.63, 3.8) is 0 Å². The number of aliphatic carboxylic acids is 1. The molecule has 1 fully saturated rings. The van der Waals surface area contributed by atoms with Gasteiger partial charge in [0, 0.05) is 15.5 Å². The van der Waals surface area contributed by atoms with E-state index in [9.17, 15) is 9.90 Å². The summed E-state index contributed by atoms with van der Waals surface area (Å²) in [6, 6.07) is 2.10. The Labute approximate surface area is 128 Å². The fourth-order valence-corrected chi connectivity index (χ4v) is 3.43. The molecule has 1 aromatic carbocycles. The van der Waals surface area contributed by atoms with Gasteiger partial charge in [-0.15, -0.1) is 0 Å². The predicted octanol–water partition coefficient (Wildman–Crippen LogP) is 4.40. The third-order valence-electron chi connectivity index (χ3n) is 4.20. The van der Waals surface area contributed by atoms with Crippen LogP contribution in [0.3, 0.4) is 0 Å². The number of methoxy groups -OCH3 is 1. The van der Waals surface area contributed by atoms with Crippen LogP contribution >= 0.6 is 15.9 Å². The van der Waals surface area contributed by atoms with Gasteiger partial charge in [0.1, 0.15) is 5.75 Å². The normalized spacial score (nSPS) is 16.3. The molecule has 0 bridgehead atoms. The second-order valence-electron chi connectivity index (χ2n) is 5.99. The molecule has 1 N–H and O–H groups in total. The van der Waals surface area contributed by atoms with Crippen molar-refractivity contribution in [1.29, 1.82) is 0 Å². The monoisotopic (exact) mass is 340 g/mol. The first-order chi connectivity index (χ1) is 9.32. The Morgan fingerprint density at radius 1 is 1.50 bits per heavy atom. The molecule has 0 heterocycles. The van der Waals surface area contributed by atoms with Gasteiger partial charge in [-0.05, 0) is 42.9 Å². The van der Waals surface area contributed by atoms with Crippen LogP contribution < -0.4 is 4.74 Å². The van der Waals surface area contributed by atoms with Crippen LogP contribution in [-0.2, 0) is 10.2 Å². The van der Waals surface area contributed by atoms with E-state index in [1.165, 1.54) is 0 Å². The molecule has 1 aromatic rings. The van der Waals surface area contributed by atoms with E-state index in [0.29, 0.717) is 5.92 Å². The number of hydrogen-bond acceptors (Lipinski definition) is 2. The molecule has 0 radical (unpaired) electrons. The minimum Gasteiger partial charge on any atom is -0.496 e. The summed E-state index contributed by atoms with van der Waals surface area (Å²) in [6.07, 6.45) is 2.02. The number of halogens is 1. The van der Waals surface area contributed by atoms with Gasteiger partial charge in [0.2, 0.25) is 0 Å². The van der Waals surface area contributed by atoms with E-state index in [1.54, 1.807) is 7.11 Å². The number of carboxylic acids is 1. The summed E-state index contributed by atoms with van der Waals surface area (Å²) in [5.74, 6) is 0.468. The van der Waals surface area contributed by atoms with Crippen molar-refractivity contribution in [3.8, 4) is 5.75 Å². The van der Waals surface area contributed by atoms with Gasteiger partial charge < -0.3 is 9.84 Å². The molecule has 20 heavy (non-hydrogen) atoms. The lowest BCUT2D eigenvalue weighted by Gasteiger charge is -2.24. The van der Waals surface area contributed by atoms with Crippen molar-refractivity contribution in [2.24, 2.45) is 0 Å². The second-order valence-corrected chi connectivity index (χ2v) is 6.84. The molecule has 110 valence electrons. The lowest BCUT2D eigenvalue weighted by molar-refractivity contribution is -0.137. The maximum absolute atomic E-state index is 11.2. The molecule has 0 spiro atoms. The van der Waals surface area contributed by atoms with Crippen LogP contribution in [0.1, 0.15) is 55.7 Å². The summed E-state index contributed by atoms with van der Waals surface area (Å²) < 4.78 is 6.70. The Balaban J connectivity index is 2.65. The quantitative estimate of drug-likeness (QED) is 0.864. The first-order valence-corrected chi connectivity index (χ1v) is 7.71. The van der Waals surface area contributed by atoms with Crippen LogP contribution in [0.4, 0.5) is 0 Å². The third-order valence-corrected chi connectivity index (χ3v) is 5.03. The Morgan fingerprint density at radius 2 is 2.10 bits per heavy atom. The van der Waals surface area contributed by atoms with Crippen LogP contribution in [0.5, 0.6) is 5.75 Å². The van der Waals surface area contributed by atoms with Crippen molar-refractivity contribution < 1.29 is 14.6 Å². The van der Waals surface area contributed by atoms with Crippen LogP contribution in [0, 0.1) is 6.92 Å². The van der Waals surface area contributed by atoms with Crippen molar-refractivity contribution in [3.05, 3.63) is 27.2 Å². The summed E-state index contributed by atoms with van der Waals surface area (Å²) >= 11 is 3.61. The zero-order valence-electron chi connectivity index (χ0n) is 12.4. The number of hydrogen-bond donors (Lipinski definition) is 1. The minimum atomic E-state index is -0.741. The highest BCUT2D eigenvalue weighted by molar-refractivity contribution is 9.10. The summed E-state index contributed by atoms with van der Waals surface area (Å²) in [7, 11) is 1.68. The number of carbonyl (C=O) groups is 1. The molecular formula is C16H21BrO3. The van der Waals surface area contributed by atoms with E-state index in [1.807, 2.05) is 6.92 Å². The van der Waals surface area contributed by atoms with Gasteiger partial charge in [-0.1, -0.05) is 29.8 Å². The highest BCUT2D eigenvalue weighted by Gasteiger charge is 2.49. The zero-order chi connectivity index (χ0) is 15.1. The molecule has 3 nitrogen and oxygen atoms in total. The van der Waals surface area contributed by atoms with Crippen molar-refractivity contribution in [1.82, 2.24) is 0 Å². The van der Waals surface area contributed by atoms with E-state index in [0.717, 1.165) is 39.8 Å². The Morgan fingerprint density at radius 3 is 2.50 bits per heavy atom. The Bertz CT molecular complexity index is 545. The van der Waals surface area contributed by atoms with Gasteiger partial charge in [-0.25, -0.2) is 0 Å². The maximum Gasteiger partial charge on any atom is 0.304 e. The second kappa shape index (κ2) is 5.40. The fourth-order valence-electron chi connectivity index (χ4n) is 2.99. The molecule has 0 saturated heterocycles. The average Bonchev–Trinajstić information content (AvgIpc) is 3.10. The molecule has 4 heteroatoms. The summed E-state index contributed by atoms with van der Waals surface area (Å²) in [5, 5.41) is 9.20. The highest BCUT2D eigenvalue weighted by atomic mass is 79.9. The zero-order valence-corrected chi connectivity index (χ0v) is 14.0. The lowest BCUT2D eigenvalue weighted by Crippen LogP contribution is -2.17. The first-order valence-electron chi connectivity index (χ1n) is 6.91. The molecule has 0 unspecified atom stereocenters. The van der Waals surface area contributed by atoms with E-state index in [-0.39, 0.29) is 11.8 Å². The SMILES string of the molecule is COc1c(C(C)C)cc(Br)c(C)c1C1(CC(=O)O)CC1. The Hall–Kier alpha value is -1.03. The van der Waals surface area contributed by atoms with Gasteiger partial charge in [-0.3, -0.25) is 4.79 Å².